The van der Waals surface area contributed by atoms with Gasteiger partial charge >= 0.3 is 0 Å². The second-order valence-electron chi connectivity index (χ2n) is 3.92. The Morgan fingerprint density at radius 3 is 2.80 bits per heavy atom. The van der Waals surface area contributed by atoms with Gasteiger partial charge in [0.25, 0.3) is 11.6 Å². The predicted molar refractivity (Wildman–Crippen MR) is 75.2 cm³/mol. The normalized spacial score (nSPS) is 10.3. The van der Waals surface area contributed by atoms with Crippen molar-refractivity contribution in [2.75, 3.05) is 33.4 Å². The second kappa shape index (κ2) is 8.47. The molecule has 1 rings (SSSR count). The minimum Gasteiger partial charge on any atom is -0.383 e. The summed E-state index contributed by atoms with van der Waals surface area (Å²) in [5, 5.41) is 16.8. The highest BCUT2D eigenvalue weighted by molar-refractivity contribution is 6.31. The molecule has 2 N–H and O–H groups in total. The molecular formula is C12H16ClN3O4. The van der Waals surface area contributed by atoms with Crippen molar-refractivity contribution in [1.82, 2.24) is 10.6 Å². The lowest BCUT2D eigenvalue weighted by molar-refractivity contribution is -0.385. The second-order valence-corrected chi connectivity index (χ2v) is 4.35. The third-order valence-electron chi connectivity index (χ3n) is 2.47. The number of benzene rings is 1. The Balaban J connectivity index is 2.54. The Morgan fingerprint density at radius 2 is 2.15 bits per heavy atom. The van der Waals surface area contributed by atoms with Crippen LogP contribution in [0.5, 0.6) is 0 Å². The summed E-state index contributed by atoms with van der Waals surface area (Å²) in [6.07, 6.45) is 0. The number of nitrogens with one attached hydrogen (secondary N) is 2. The van der Waals surface area contributed by atoms with Crippen LogP contribution in [0, 0.1) is 10.1 Å². The highest BCUT2D eigenvalue weighted by atomic mass is 35.5. The van der Waals surface area contributed by atoms with E-state index < -0.39 is 10.8 Å². The van der Waals surface area contributed by atoms with E-state index in [-0.39, 0.29) is 16.3 Å². The molecule has 20 heavy (non-hydrogen) atoms. The predicted octanol–water partition coefficient (Wildman–Crippen LogP) is 1.21. The van der Waals surface area contributed by atoms with Crippen molar-refractivity contribution in [3.8, 4) is 0 Å². The van der Waals surface area contributed by atoms with E-state index in [1.807, 2.05) is 0 Å². The highest BCUT2D eigenvalue weighted by Gasteiger charge is 2.19. The molecule has 1 aromatic carbocycles. The molecule has 7 nitrogen and oxygen atoms in total. The minimum absolute atomic E-state index is 0.0422. The van der Waals surface area contributed by atoms with Crippen molar-refractivity contribution in [3.63, 3.8) is 0 Å². The van der Waals surface area contributed by atoms with Gasteiger partial charge in [-0.3, -0.25) is 14.9 Å². The molecule has 1 amide bonds. The van der Waals surface area contributed by atoms with Crippen LogP contribution >= 0.6 is 11.6 Å². The third-order valence-corrected chi connectivity index (χ3v) is 2.71. The van der Waals surface area contributed by atoms with Crippen LogP contribution in [0.1, 0.15) is 10.4 Å². The van der Waals surface area contributed by atoms with Crippen LogP contribution in [0.25, 0.3) is 0 Å². The molecule has 1 aromatic rings. The molecule has 0 saturated carbocycles. The van der Waals surface area contributed by atoms with E-state index in [1.54, 1.807) is 7.11 Å². The van der Waals surface area contributed by atoms with Gasteiger partial charge in [0.05, 0.1) is 11.5 Å². The van der Waals surface area contributed by atoms with Crippen LogP contribution < -0.4 is 10.6 Å². The Bertz CT molecular complexity index is 482. The van der Waals surface area contributed by atoms with Gasteiger partial charge < -0.3 is 15.4 Å². The fourth-order valence-corrected chi connectivity index (χ4v) is 1.68. The van der Waals surface area contributed by atoms with E-state index in [2.05, 4.69) is 10.6 Å². The molecule has 0 aliphatic heterocycles. The van der Waals surface area contributed by atoms with Crippen molar-refractivity contribution in [2.45, 2.75) is 0 Å². The highest BCUT2D eigenvalue weighted by Crippen LogP contribution is 2.22. The molecule has 0 unspecified atom stereocenters. The van der Waals surface area contributed by atoms with E-state index in [0.717, 1.165) is 0 Å². The van der Waals surface area contributed by atoms with Gasteiger partial charge in [-0.15, -0.1) is 0 Å². The Morgan fingerprint density at radius 1 is 1.40 bits per heavy atom. The van der Waals surface area contributed by atoms with Crippen molar-refractivity contribution < 1.29 is 14.5 Å². The van der Waals surface area contributed by atoms with Crippen molar-refractivity contribution >= 4 is 23.2 Å². The van der Waals surface area contributed by atoms with Crippen LogP contribution in [-0.2, 0) is 4.74 Å². The topological polar surface area (TPSA) is 93.5 Å². The summed E-state index contributed by atoms with van der Waals surface area (Å²) < 4.78 is 4.85. The van der Waals surface area contributed by atoms with Gasteiger partial charge in [0.1, 0.15) is 5.56 Å². The van der Waals surface area contributed by atoms with Gasteiger partial charge in [0.2, 0.25) is 0 Å². The SMILES string of the molecule is COCCNCCNC(=O)c1cc(Cl)ccc1[N+](=O)[O-]. The smallest absolute Gasteiger partial charge is 0.282 e. The quantitative estimate of drug-likeness (QED) is 0.428. The summed E-state index contributed by atoms with van der Waals surface area (Å²) in [7, 11) is 1.60. The van der Waals surface area contributed by atoms with Crippen LogP contribution in [0.15, 0.2) is 18.2 Å². The Hall–Kier alpha value is -1.70. The standard InChI is InChI=1S/C12H16ClN3O4/c1-20-7-6-14-4-5-15-12(17)10-8-9(13)2-3-11(10)16(18)19/h2-3,8,14H,4-7H2,1H3,(H,15,17). The van der Waals surface area contributed by atoms with E-state index in [9.17, 15) is 14.9 Å². The number of nitrogens with zero attached hydrogens (tertiary/aromatic N) is 1. The summed E-state index contributed by atoms with van der Waals surface area (Å²) in [5.74, 6) is -0.521. The molecule has 0 bridgehead atoms. The zero-order chi connectivity index (χ0) is 15.0. The number of rotatable bonds is 8. The molecular weight excluding hydrogens is 286 g/mol. The lowest BCUT2D eigenvalue weighted by Gasteiger charge is -2.07. The maximum Gasteiger partial charge on any atom is 0.282 e. The van der Waals surface area contributed by atoms with Gasteiger partial charge in [0, 0.05) is 37.8 Å². The molecule has 0 aliphatic rings. The lowest BCUT2D eigenvalue weighted by atomic mass is 10.1. The Kier molecular flexibility index (Phi) is 6.92. The van der Waals surface area contributed by atoms with Crippen molar-refractivity contribution in [3.05, 3.63) is 38.9 Å². The molecule has 0 saturated heterocycles. The number of methoxy groups -OCH3 is 1. The minimum atomic E-state index is -0.609. The number of nitro benzene ring substituents is 1. The van der Waals surface area contributed by atoms with Crippen LogP contribution in [0.4, 0.5) is 5.69 Å². The van der Waals surface area contributed by atoms with E-state index in [4.69, 9.17) is 16.3 Å². The van der Waals surface area contributed by atoms with Crippen molar-refractivity contribution in [1.29, 1.82) is 0 Å². The molecule has 0 spiro atoms. The monoisotopic (exact) mass is 301 g/mol. The first-order valence-corrected chi connectivity index (χ1v) is 6.36. The molecule has 0 aliphatic carbocycles. The lowest BCUT2D eigenvalue weighted by Crippen LogP contribution is -2.33. The molecule has 0 atom stereocenters. The number of hydrogen-bond donors (Lipinski definition) is 2. The maximum atomic E-state index is 11.9. The zero-order valence-electron chi connectivity index (χ0n) is 11.0. The van der Waals surface area contributed by atoms with Crippen LogP contribution in [0.3, 0.4) is 0 Å². The number of hydrogen-bond acceptors (Lipinski definition) is 5. The number of carbonyl (C=O) groups is 1. The van der Waals surface area contributed by atoms with Crippen LogP contribution in [-0.4, -0.2) is 44.2 Å². The molecule has 0 radical (unpaired) electrons. The summed E-state index contributed by atoms with van der Waals surface area (Å²) >= 11 is 5.76. The summed E-state index contributed by atoms with van der Waals surface area (Å²) in [6.45, 7) is 2.15. The first-order chi connectivity index (χ1) is 9.56. The van der Waals surface area contributed by atoms with Crippen LogP contribution in [0.2, 0.25) is 5.02 Å². The van der Waals surface area contributed by atoms with Gasteiger partial charge in [-0.25, -0.2) is 0 Å². The summed E-state index contributed by atoms with van der Waals surface area (Å²) in [5.41, 5.74) is -0.307. The fraction of sp³-hybridized carbons (Fsp3) is 0.417. The van der Waals surface area contributed by atoms with E-state index in [0.29, 0.717) is 26.2 Å². The zero-order valence-corrected chi connectivity index (χ0v) is 11.8. The number of carbonyl (C=O) groups excluding carboxylic acids is 1. The fourth-order valence-electron chi connectivity index (χ4n) is 1.51. The number of ether oxygens (including phenoxy) is 1. The van der Waals surface area contributed by atoms with Gasteiger partial charge in [-0.2, -0.15) is 0 Å². The van der Waals surface area contributed by atoms with E-state index in [1.165, 1.54) is 18.2 Å². The maximum absolute atomic E-state index is 11.9. The van der Waals surface area contributed by atoms with E-state index >= 15 is 0 Å². The van der Waals surface area contributed by atoms with Gasteiger partial charge in [0.15, 0.2) is 0 Å². The molecule has 0 aromatic heterocycles. The van der Waals surface area contributed by atoms with Gasteiger partial charge in [-0.05, 0) is 12.1 Å². The van der Waals surface area contributed by atoms with Crippen molar-refractivity contribution in [2.24, 2.45) is 0 Å². The molecule has 110 valence electrons. The first kappa shape index (κ1) is 16.4. The summed E-state index contributed by atoms with van der Waals surface area (Å²) in [6, 6.07) is 3.88. The molecule has 0 heterocycles. The average Bonchev–Trinajstić information content (AvgIpc) is 2.42. The molecule has 8 heteroatoms. The summed E-state index contributed by atoms with van der Waals surface area (Å²) in [4.78, 5) is 22.1. The molecule has 0 fully saturated rings. The van der Waals surface area contributed by atoms with Gasteiger partial charge in [-0.1, -0.05) is 11.6 Å². The third kappa shape index (κ3) is 5.12. The number of halogens is 1. The first-order valence-electron chi connectivity index (χ1n) is 5.98. The average molecular weight is 302 g/mol. The Labute approximate surface area is 121 Å². The number of amides is 1. The number of nitro groups is 1. The largest absolute Gasteiger partial charge is 0.383 e.